The molecule has 0 spiro atoms. The molecular formula is C20H16N2O. The van der Waals surface area contributed by atoms with Gasteiger partial charge in [-0.1, -0.05) is 36.4 Å². The van der Waals surface area contributed by atoms with Crippen LogP contribution in [0, 0.1) is 18.3 Å². The van der Waals surface area contributed by atoms with Crippen LogP contribution in [0.1, 0.15) is 11.1 Å². The number of nitriles is 1. The van der Waals surface area contributed by atoms with E-state index in [2.05, 4.69) is 6.07 Å². The predicted octanol–water partition coefficient (Wildman–Crippen LogP) is 4.91. The summed E-state index contributed by atoms with van der Waals surface area (Å²) in [6.45, 7) is 1.91. The number of para-hydroxylation sites is 1. The molecule has 0 amide bonds. The third kappa shape index (κ3) is 3.02. The second-order valence-corrected chi connectivity index (χ2v) is 5.26. The van der Waals surface area contributed by atoms with E-state index in [0.717, 1.165) is 28.2 Å². The standard InChI is InChI=1S/C20H16N2O/c1-14-18(10-11-20(22)19(14)13-21)15-6-5-9-17(12-15)23-16-7-3-2-4-8-16/h2-12H,22H2,1H3. The lowest BCUT2D eigenvalue weighted by atomic mass is 9.95. The summed E-state index contributed by atoms with van der Waals surface area (Å²) < 4.78 is 5.87. The number of nitrogen functional groups attached to an aromatic ring is 1. The molecule has 0 unspecified atom stereocenters. The van der Waals surface area contributed by atoms with E-state index in [-0.39, 0.29) is 0 Å². The van der Waals surface area contributed by atoms with Crippen LogP contribution in [0.3, 0.4) is 0 Å². The number of hydrogen-bond acceptors (Lipinski definition) is 3. The second-order valence-electron chi connectivity index (χ2n) is 5.26. The van der Waals surface area contributed by atoms with Crippen molar-refractivity contribution in [3.8, 4) is 28.7 Å². The van der Waals surface area contributed by atoms with Crippen LogP contribution in [0.25, 0.3) is 11.1 Å². The fourth-order valence-corrected chi connectivity index (χ4v) is 2.55. The number of benzene rings is 3. The van der Waals surface area contributed by atoms with Gasteiger partial charge in [-0.15, -0.1) is 0 Å². The molecule has 0 saturated heterocycles. The molecule has 112 valence electrons. The summed E-state index contributed by atoms with van der Waals surface area (Å²) in [5.41, 5.74) is 9.75. The summed E-state index contributed by atoms with van der Waals surface area (Å²) in [6, 6.07) is 23.3. The fraction of sp³-hybridized carbons (Fsp3) is 0.0500. The normalized spacial score (nSPS) is 10.1. The van der Waals surface area contributed by atoms with Crippen LogP contribution in [0.15, 0.2) is 66.7 Å². The zero-order chi connectivity index (χ0) is 16.2. The lowest BCUT2D eigenvalue weighted by Crippen LogP contribution is -1.95. The molecule has 0 fully saturated rings. The Balaban J connectivity index is 1.99. The van der Waals surface area contributed by atoms with E-state index < -0.39 is 0 Å². The average molecular weight is 300 g/mol. The summed E-state index contributed by atoms with van der Waals surface area (Å²) in [4.78, 5) is 0. The summed E-state index contributed by atoms with van der Waals surface area (Å²) >= 11 is 0. The number of ether oxygens (including phenoxy) is 1. The summed E-state index contributed by atoms with van der Waals surface area (Å²) in [5.74, 6) is 1.54. The van der Waals surface area contributed by atoms with Crippen LogP contribution in [-0.4, -0.2) is 0 Å². The molecule has 0 bridgehead atoms. The topological polar surface area (TPSA) is 59.0 Å². The Labute approximate surface area is 135 Å². The van der Waals surface area contributed by atoms with Crippen molar-refractivity contribution in [2.24, 2.45) is 0 Å². The maximum absolute atomic E-state index is 9.27. The van der Waals surface area contributed by atoms with Gasteiger partial charge in [-0.25, -0.2) is 0 Å². The minimum Gasteiger partial charge on any atom is -0.457 e. The first-order valence-electron chi connectivity index (χ1n) is 7.31. The first kappa shape index (κ1) is 14.7. The number of anilines is 1. The third-order valence-electron chi connectivity index (χ3n) is 3.73. The molecule has 3 aromatic carbocycles. The zero-order valence-electron chi connectivity index (χ0n) is 12.8. The van der Waals surface area contributed by atoms with Gasteiger partial charge < -0.3 is 10.5 Å². The monoisotopic (exact) mass is 300 g/mol. The zero-order valence-corrected chi connectivity index (χ0v) is 12.8. The molecule has 3 aromatic rings. The quantitative estimate of drug-likeness (QED) is 0.699. The van der Waals surface area contributed by atoms with Crippen molar-refractivity contribution in [1.29, 1.82) is 5.26 Å². The first-order valence-corrected chi connectivity index (χ1v) is 7.31. The van der Waals surface area contributed by atoms with Gasteiger partial charge >= 0.3 is 0 Å². The van der Waals surface area contributed by atoms with Crippen molar-refractivity contribution in [2.45, 2.75) is 6.92 Å². The molecule has 3 heteroatoms. The fourth-order valence-electron chi connectivity index (χ4n) is 2.55. The highest BCUT2D eigenvalue weighted by atomic mass is 16.5. The molecule has 0 heterocycles. The Hall–Kier alpha value is -3.25. The number of nitrogens with two attached hydrogens (primary N) is 1. The minimum absolute atomic E-state index is 0.505. The number of rotatable bonds is 3. The molecule has 2 N–H and O–H groups in total. The van der Waals surface area contributed by atoms with Gasteiger partial charge in [0.25, 0.3) is 0 Å². The highest BCUT2D eigenvalue weighted by Gasteiger charge is 2.10. The molecule has 0 aliphatic heterocycles. The van der Waals surface area contributed by atoms with Gasteiger partial charge in [0.15, 0.2) is 0 Å². The van der Waals surface area contributed by atoms with Crippen LogP contribution in [0.5, 0.6) is 11.5 Å². The second kappa shape index (κ2) is 6.25. The van der Waals surface area contributed by atoms with Gasteiger partial charge in [-0.05, 0) is 53.9 Å². The van der Waals surface area contributed by atoms with E-state index in [0.29, 0.717) is 11.3 Å². The van der Waals surface area contributed by atoms with E-state index >= 15 is 0 Å². The smallest absolute Gasteiger partial charge is 0.128 e. The van der Waals surface area contributed by atoms with Crippen molar-refractivity contribution in [3.05, 3.63) is 77.9 Å². The molecule has 0 aliphatic rings. The largest absolute Gasteiger partial charge is 0.457 e. The van der Waals surface area contributed by atoms with E-state index in [1.165, 1.54) is 0 Å². The predicted molar refractivity (Wildman–Crippen MR) is 92.3 cm³/mol. The summed E-state index contributed by atoms with van der Waals surface area (Å²) in [7, 11) is 0. The van der Waals surface area contributed by atoms with Crippen LogP contribution < -0.4 is 10.5 Å². The molecule has 0 aromatic heterocycles. The van der Waals surface area contributed by atoms with Crippen molar-refractivity contribution in [3.63, 3.8) is 0 Å². The van der Waals surface area contributed by atoms with Gasteiger partial charge in [0.05, 0.1) is 5.56 Å². The molecule has 0 aliphatic carbocycles. The van der Waals surface area contributed by atoms with Gasteiger partial charge in [0, 0.05) is 5.69 Å². The summed E-state index contributed by atoms with van der Waals surface area (Å²) in [6.07, 6.45) is 0. The van der Waals surface area contributed by atoms with Crippen molar-refractivity contribution < 1.29 is 4.74 Å². The SMILES string of the molecule is Cc1c(-c2cccc(Oc3ccccc3)c2)ccc(N)c1C#N. The van der Waals surface area contributed by atoms with Crippen LogP contribution in [0.2, 0.25) is 0 Å². The highest BCUT2D eigenvalue weighted by Crippen LogP contribution is 2.32. The molecule has 3 nitrogen and oxygen atoms in total. The maximum Gasteiger partial charge on any atom is 0.128 e. The van der Waals surface area contributed by atoms with Crippen LogP contribution in [0.4, 0.5) is 5.69 Å². The number of nitrogens with zero attached hydrogens (tertiary/aromatic N) is 1. The Morgan fingerprint density at radius 3 is 2.39 bits per heavy atom. The molecular weight excluding hydrogens is 284 g/mol. The van der Waals surface area contributed by atoms with Crippen molar-refractivity contribution in [1.82, 2.24) is 0 Å². The Bertz CT molecular complexity index is 880. The maximum atomic E-state index is 9.27. The minimum atomic E-state index is 0.505. The molecule has 0 saturated carbocycles. The highest BCUT2D eigenvalue weighted by molar-refractivity contribution is 5.75. The van der Waals surface area contributed by atoms with Crippen molar-refractivity contribution >= 4 is 5.69 Å². The van der Waals surface area contributed by atoms with Crippen molar-refractivity contribution in [2.75, 3.05) is 5.73 Å². The van der Waals surface area contributed by atoms with Gasteiger partial charge in [0.2, 0.25) is 0 Å². The van der Waals surface area contributed by atoms with E-state index in [9.17, 15) is 5.26 Å². The molecule has 23 heavy (non-hydrogen) atoms. The number of hydrogen-bond donors (Lipinski definition) is 1. The third-order valence-corrected chi connectivity index (χ3v) is 3.73. The van der Waals surface area contributed by atoms with Gasteiger partial charge in [-0.3, -0.25) is 0 Å². The Morgan fingerprint density at radius 1 is 0.913 bits per heavy atom. The van der Waals surface area contributed by atoms with E-state index in [1.54, 1.807) is 6.07 Å². The summed E-state index contributed by atoms with van der Waals surface area (Å²) in [5, 5.41) is 9.27. The first-order chi connectivity index (χ1) is 11.2. The lowest BCUT2D eigenvalue weighted by molar-refractivity contribution is 0.483. The van der Waals surface area contributed by atoms with Crippen LogP contribution in [-0.2, 0) is 0 Å². The van der Waals surface area contributed by atoms with Gasteiger partial charge in [0.1, 0.15) is 17.6 Å². The Morgan fingerprint density at radius 2 is 1.65 bits per heavy atom. The molecule has 0 radical (unpaired) electrons. The van der Waals surface area contributed by atoms with Crippen LogP contribution >= 0.6 is 0 Å². The van der Waals surface area contributed by atoms with Gasteiger partial charge in [-0.2, -0.15) is 5.26 Å². The molecule has 3 rings (SSSR count). The van der Waals surface area contributed by atoms with E-state index in [1.807, 2.05) is 67.6 Å². The molecule has 0 atom stereocenters. The van der Waals surface area contributed by atoms with E-state index in [4.69, 9.17) is 10.5 Å². The lowest BCUT2D eigenvalue weighted by Gasteiger charge is -2.11. The average Bonchev–Trinajstić information content (AvgIpc) is 2.56. The Kier molecular flexibility index (Phi) is 3.99.